The average Bonchev–Trinajstić information content (AvgIpc) is 3.06. The maximum atomic E-state index is 13.7. The standard InChI is InChI=1S/C26H27NO6/c1-4-15(3)33-24-19-9-7-6-8-18(19)23(32-5-2)21-22(24)26(31)27(25(21)30)17-12-10-16(11-13-17)14-20(28)29/h6-13,15,25,30H,4-5,14H2,1-3H3,(H,28,29). The summed E-state index contributed by atoms with van der Waals surface area (Å²) in [4.78, 5) is 26.0. The monoisotopic (exact) mass is 449 g/mol. The number of amides is 1. The van der Waals surface area contributed by atoms with Crippen LogP contribution >= 0.6 is 0 Å². The number of hydrogen-bond donors (Lipinski definition) is 2. The van der Waals surface area contributed by atoms with Gasteiger partial charge in [0, 0.05) is 16.5 Å². The molecule has 0 fully saturated rings. The van der Waals surface area contributed by atoms with Gasteiger partial charge in [0.1, 0.15) is 11.5 Å². The fourth-order valence-electron chi connectivity index (χ4n) is 4.13. The van der Waals surface area contributed by atoms with Crippen LogP contribution in [-0.4, -0.2) is 34.8 Å². The van der Waals surface area contributed by atoms with Gasteiger partial charge in [0.2, 0.25) is 0 Å². The Bertz CT molecular complexity index is 1200. The number of carboxylic acids is 1. The van der Waals surface area contributed by atoms with E-state index in [0.29, 0.717) is 40.5 Å². The van der Waals surface area contributed by atoms with Crippen LogP contribution in [-0.2, 0) is 11.2 Å². The number of anilines is 1. The summed E-state index contributed by atoms with van der Waals surface area (Å²) in [7, 11) is 0. The van der Waals surface area contributed by atoms with Gasteiger partial charge in [-0.05, 0) is 38.0 Å². The Morgan fingerprint density at radius 1 is 1.06 bits per heavy atom. The number of rotatable bonds is 8. The molecule has 2 N–H and O–H groups in total. The molecule has 0 bridgehead atoms. The molecule has 2 atom stereocenters. The second-order valence-electron chi connectivity index (χ2n) is 8.05. The van der Waals surface area contributed by atoms with Gasteiger partial charge in [0.15, 0.2) is 6.23 Å². The van der Waals surface area contributed by atoms with Gasteiger partial charge < -0.3 is 19.7 Å². The molecular weight excluding hydrogens is 422 g/mol. The molecule has 0 aliphatic carbocycles. The normalized spacial score (nSPS) is 16.1. The summed E-state index contributed by atoms with van der Waals surface area (Å²) < 4.78 is 12.2. The fourth-order valence-corrected chi connectivity index (χ4v) is 4.13. The number of benzene rings is 3. The predicted octanol–water partition coefficient (Wildman–Crippen LogP) is 4.69. The van der Waals surface area contributed by atoms with Gasteiger partial charge in [-0.25, -0.2) is 0 Å². The molecule has 4 rings (SSSR count). The topological polar surface area (TPSA) is 96.3 Å². The number of aliphatic carboxylic acids is 1. The molecule has 1 heterocycles. The first kappa shape index (κ1) is 22.6. The highest BCUT2D eigenvalue weighted by molar-refractivity contribution is 6.17. The third-order valence-corrected chi connectivity index (χ3v) is 5.85. The van der Waals surface area contributed by atoms with Crippen molar-refractivity contribution in [3.8, 4) is 11.5 Å². The number of aliphatic hydroxyl groups excluding tert-OH is 1. The van der Waals surface area contributed by atoms with Crippen molar-refractivity contribution in [2.75, 3.05) is 11.5 Å². The van der Waals surface area contributed by atoms with Crippen molar-refractivity contribution in [3.63, 3.8) is 0 Å². The summed E-state index contributed by atoms with van der Waals surface area (Å²) in [6.45, 7) is 6.16. The van der Waals surface area contributed by atoms with Crippen LogP contribution < -0.4 is 14.4 Å². The molecule has 0 spiro atoms. The number of carboxylic acid groups (broad SMARTS) is 1. The second-order valence-corrected chi connectivity index (χ2v) is 8.05. The van der Waals surface area contributed by atoms with Crippen LogP contribution in [0.15, 0.2) is 48.5 Å². The Kier molecular flexibility index (Phi) is 6.24. The van der Waals surface area contributed by atoms with Crippen molar-refractivity contribution in [1.29, 1.82) is 0 Å². The van der Waals surface area contributed by atoms with Crippen LogP contribution in [0.4, 0.5) is 5.69 Å². The second kappa shape index (κ2) is 9.11. The number of ether oxygens (including phenoxy) is 2. The number of hydrogen-bond acceptors (Lipinski definition) is 5. The van der Waals surface area contributed by atoms with Crippen molar-refractivity contribution in [2.45, 2.75) is 45.9 Å². The molecule has 0 saturated heterocycles. The Balaban J connectivity index is 1.90. The SMILES string of the molecule is CCOc1c2c(c(OC(C)CC)c3ccccc13)C(=O)N(c1ccc(CC(=O)O)cc1)C2O. The lowest BCUT2D eigenvalue weighted by Gasteiger charge is -2.22. The van der Waals surface area contributed by atoms with Crippen molar-refractivity contribution in [3.05, 3.63) is 65.2 Å². The maximum absolute atomic E-state index is 13.7. The quantitative estimate of drug-likeness (QED) is 0.518. The summed E-state index contributed by atoms with van der Waals surface area (Å²) >= 11 is 0. The number of nitrogens with zero attached hydrogens (tertiary/aromatic N) is 1. The van der Waals surface area contributed by atoms with E-state index in [-0.39, 0.29) is 12.5 Å². The molecule has 7 heteroatoms. The zero-order chi connectivity index (χ0) is 23.7. The van der Waals surface area contributed by atoms with E-state index in [0.717, 1.165) is 17.2 Å². The van der Waals surface area contributed by atoms with Gasteiger partial charge in [-0.2, -0.15) is 0 Å². The summed E-state index contributed by atoms with van der Waals surface area (Å²) in [5, 5.41) is 21.9. The lowest BCUT2D eigenvalue weighted by Crippen LogP contribution is -2.27. The zero-order valence-electron chi connectivity index (χ0n) is 18.9. The maximum Gasteiger partial charge on any atom is 0.307 e. The Hall–Kier alpha value is -3.58. The lowest BCUT2D eigenvalue weighted by atomic mass is 9.98. The molecule has 172 valence electrons. The van der Waals surface area contributed by atoms with Gasteiger partial charge >= 0.3 is 5.97 Å². The molecule has 1 amide bonds. The summed E-state index contributed by atoms with van der Waals surface area (Å²) in [5.41, 5.74) is 1.73. The highest BCUT2D eigenvalue weighted by Gasteiger charge is 2.43. The van der Waals surface area contributed by atoms with Crippen LogP contribution in [0, 0.1) is 0 Å². The summed E-state index contributed by atoms with van der Waals surface area (Å²) in [6, 6.07) is 14.1. The van der Waals surface area contributed by atoms with Crippen LogP contribution in [0.2, 0.25) is 0 Å². The third-order valence-electron chi connectivity index (χ3n) is 5.85. The summed E-state index contributed by atoms with van der Waals surface area (Å²) in [5.74, 6) is -0.432. The molecule has 1 aliphatic heterocycles. The van der Waals surface area contributed by atoms with E-state index in [1.807, 2.05) is 45.0 Å². The molecule has 7 nitrogen and oxygen atoms in total. The minimum absolute atomic E-state index is 0.121. The van der Waals surface area contributed by atoms with Crippen molar-refractivity contribution >= 4 is 28.3 Å². The minimum atomic E-state index is -1.27. The number of fused-ring (bicyclic) bond motifs is 2. The first-order valence-electron chi connectivity index (χ1n) is 11.1. The van der Waals surface area contributed by atoms with Crippen LogP contribution in [0.3, 0.4) is 0 Å². The highest BCUT2D eigenvalue weighted by atomic mass is 16.5. The number of carbonyl (C=O) groups is 2. The van der Waals surface area contributed by atoms with Crippen LogP contribution in [0.25, 0.3) is 10.8 Å². The predicted molar refractivity (Wildman–Crippen MR) is 125 cm³/mol. The Labute approximate surface area is 192 Å². The Morgan fingerprint density at radius 2 is 1.70 bits per heavy atom. The average molecular weight is 450 g/mol. The largest absolute Gasteiger partial charge is 0.493 e. The molecule has 2 unspecified atom stereocenters. The fraction of sp³-hybridized carbons (Fsp3) is 0.308. The van der Waals surface area contributed by atoms with E-state index in [9.17, 15) is 14.7 Å². The van der Waals surface area contributed by atoms with Gasteiger partial charge in [0.25, 0.3) is 5.91 Å². The zero-order valence-corrected chi connectivity index (χ0v) is 18.9. The first-order chi connectivity index (χ1) is 15.9. The van der Waals surface area contributed by atoms with Crippen LogP contribution in [0.5, 0.6) is 11.5 Å². The van der Waals surface area contributed by atoms with E-state index in [2.05, 4.69) is 0 Å². The molecule has 0 aromatic heterocycles. The van der Waals surface area contributed by atoms with Crippen molar-refractivity contribution in [1.82, 2.24) is 0 Å². The minimum Gasteiger partial charge on any atom is -0.493 e. The lowest BCUT2D eigenvalue weighted by molar-refractivity contribution is -0.136. The molecular formula is C26H27NO6. The van der Waals surface area contributed by atoms with Gasteiger partial charge in [-0.3, -0.25) is 14.5 Å². The van der Waals surface area contributed by atoms with Gasteiger partial charge in [-0.1, -0.05) is 43.3 Å². The first-order valence-corrected chi connectivity index (χ1v) is 11.1. The molecule has 0 saturated carbocycles. The van der Waals surface area contributed by atoms with Crippen molar-refractivity contribution in [2.24, 2.45) is 0 Å². The van der Waals surface area contributed by atoms with Gasteiger partial charge in [0.05, 0.1) is 30.3 Å². The van der Waals surface area contributed by atoms with E-state index < -0.39 is 18.1 Å². The highest BCUT2D eigenvalue weighted by Crippen LogP contribution is 2.50. The van der Waals surface area contributed by atoms with Gasteiger partial charge in [-0.15, -0.1) is 0 Å². The molecule has 1 aliphatic rings. The van der Waals surface area contributed by atoms with E-state index in [1.165, 1.54) is 4.90 Å². The number of aliphatic hydroxyl groups is 1. The van der Waals surface area contributed by atoms with E-state index in [1.54, 1.807) is 24.3 Å². The molecule has 0 radical (unpaired) electrons. The van der Waals surface area contributed by atoms with E-state index >= 15 is 0 Å². The summed E-state index contributed by atoms with van der Waals surface area (Å²) in [6.07, 6.45) is -0.779. The molecule has 3 aromatic rings. The number of carbonyl (C=O) groups excluding carboxylic acids is 1. The van der Waals surface area contributed by atoms with E-state index in [4.69, 9.17) is 14.6 Å². The Morgan fingerprint density at radius 3 is 2.27 bits per heavy atom. The van der Waals surface area contributed by atoms with Crippen LogP contribution in [0.1, 0.15) is 54.9 Å². The molecule has 3 aromatic carbocycles. The third kappa shape index (κ3) is 4.00. The van der Waals surface area contributed by atoms with Crippen molar-refractivity contribution < 1.29 is 29.3 Å². The molecule has 33 heavy (non-hydrogen) atoms. The smallest absolute Gasteiger partial charge is 0.307 e.